The van der Waals surface area contributed by atoms with Gasteiger partial charge in [-0.2, -0.15) is 0 Å². The second-order valence-electron chi connectivity index (χ2n) is 4.51. The molecule has 0 bridgehead atoms. The monoisotopic (exact) mass is 350 g/mol. The van der Waals surface area contributed by atoms with Gasteiger partial charge in [0.15, 0.2) is 0 Å². The van der Waals surface area contributed by atoms with Crippen molar-refractivity contribution in [3.8, 4) is 5.75 Å². The van der Waals surface area contributed by atoms with E-state index in [1.165, 1.54) is 48.5 Å². The third-order valence-electron chi connectivity index (χ3n) is 2.85. The van der Waals surface area contributed by atoms with Crippen LogP contribution in [0.25, 0.3) is 6.08 Å². The van der Waals surface area contributed by atoms with Crippen LogP contribution < -0.4 is 10.4 Å². The Morgan fingerprint density at radius 1 is 1.09 bits per heavy atom. The van der Waals surface area contributed by atoms with E-state index >= 15 is 0 Å². The topological polar surface area (TPSA) is 89.5 Å². The smallest absolute Gasteiger partial charge is 0.352 e. The van der Waals surface area contributed by atoms with Crippen molar-refractivity contribution in [2.45, 2.75) is 0 Å². The molecule has 0 aliphatic heterocycles. The lowest BCUT2D eigenvalue weighted by Gasteiger charge is -2.09. The molecule has 0 aliphatic carbocycles. The van der Waals surface area contributed by atoms with Gasteiger partial charge in [0.1, 0.15) is 5.70 Å². The highest BCUT2D eigenvalue weighted by Crippen LogP contribution is 2.21. The summed E-state index contributed by atoms with van der Waals surface area (Å²) in [5, 5.41) is 23.0. The fourth-order valence-electron chi connectivity index (χ4n) is 1.75. The molecule has 0 aromatic heterocycles. The third kappa shape index (κ3) is 4.48. The molecular formula is C16H10Cl2NO4-. The minimum Gasteiger partial charge on any atom is -0.872 e. The zero-order valence-electron chi connectivity index (χ0n) is 11.5. The fraction of sp³-hybridized carbons (Fsp3) is 0. The number of carbonyl (C=O) groups excluding carboxylic acids is 1. The number of rotatable bonds is 4. The van der Waals surface area contributed by atoms with E-state index in [4.69, 9.17) is 23.2 Å². The highest BCUT2D eigenvalue weighted by Gasteiger charge is 2.16. The van der Waals surface area contributed by atoms with E-state index in [9.17, 15) is 19.8 Å². The van der Waals surface area contributed by atoms with Crippen molar-refractivity contribution in [1.29, 1.82) is 0 Å². The first-order chi connectivity index (χ1) is 10.9. The van der Waals surface area contributed by atoms with E-state index in [-0.39, 0.29) is 22.0 Å². The van der Waals surface area contributed by atoms with Gasteiger partial charge in [-0.15, -0.1) is 5.75 Å². The van der Waals surface area contributed by atoms with Gasteiger partial charge in [0.2, 0.25) is 0 Å². The van der Waals surface area contributed by atoms with Gasteiger partial charge in [-0.05, 0) is 29.8 Å². The third-order valence-corrected chi connectivity index (χ3v) is 3.39. The number of nitrogens with one attached hydrogen (secondary N) is 1. The van der Waals surface area contributed by atoms with Crippen LogP contribution in [0, 0.1) is 0 Å². The van der Waals surface area contributed by atoms with E-state index in [1.807, 2.05) is 0 Å². The zero-order chi connectivity index (χ0) is 17.0. The molecule has 5 nitrogen and oxygen atoms in total. The lowest BCUT2D eigenvalue weighted by atomic mass is 10.1. The fourth-order valence-corrected chi connectivity index (χ4v) is 2.24. The number of halogens is 2. The quantitative estimate of drug-likeness (QED) is 0.829. The van der Waals surface area contributed by atoms with Gasteiger partial charge in [0.05, 0.1) is 10.6 Å². The van der Waals surface area contributed by atoms with E-state index < -0.39 is 11.9 Å². The average molecular weight is 351 g/mol. The number of aliphatic carboxylic acids is 1. The van der Waals surface area contributed by atoms with Crippen LogP contribution in [-0.4, -0.2) is 17.0 Å². The van der Waals surface area contributed by atoms with Crippen molar-refractivity contribution in [2.75, 3.05) is 0 Å². The van der Waals surface area contributed by atoms with Crippen LogP contribution in [0.15, 0.2) is 48.2 Å². The summed E-state index contributed by atoms with van der Waals surface area (Å²) in [6, 6.07) is 9.74. The lowest BCUT2D eigenvalue weighted by Crippen LogP contribution is -2.27. The van der Waals surface area contributed by atoms with Crippen LogP contribution >= 0.6 is 23.2 Å². The molecule has 0 aliphatic rings. The van der Waals surface area contributed by atoms with Crippen molar-refractivity contribution < 1.29 is 19.8 Å². The van der Waals surface area contributed by atoms with Crippen LogP contribution in [-0.2, 0) is 4.79 Å². The van der Waals surface area contributed by atoms with E-state index in [2.05, 4.69) is 5.32 Å². The van der Waals surface area contributed by atoms with Crippen molar-refractivity contribution in [2.24, 2.45) is 0 Å². The molecule has 1 amide bonds. The Labute approximate surface area is 141 Å². The first-order valence-corrected chi connectivity index (χ1v) is 7.11. The van der Waals surface area contributed by atoms with E-state index in [1.54, 1.807) is 0 Å². The molecule has 0 saturated heterocycles. The Hall–Kier alpha value is -2.50. The van der Waals surface area contributed by atoms with Gasteiger partial charge in [0.25, 0.3) is 5.91 Å². The highest BCUT2D eigenvalue weighted by molar-refractivity contribution is 6.36. The van der Waals surface area contributed by atoms with Crippen LogP contribution in [0.1, 0.15) is 15.9 Å². The number of carboxylic acids is 1. The Morgan fingerprint density at radius 2 is 1.74 bits per heavy atom. The summed E-state index contributed by atoms with van der Waals surface area (Å²) in [4.78, 5) is 23.4. The Kier molecular flexibility index (Phi) is 5.26. The standard InChI is InChI=1S/C16H11Cl2NO4/c17-10-3-6-12(13(18)8-10)15(21)19-14(16(22)23)7-9-1-4-11(20)5-2-9/h1-8,20H,(H,19,21)(H,22,23)/p-1/b14-7+. The molecule has 7 heteroatoms. The summed E-state index contributed by atoms with van der Waals surface area (Å²) in [6.45, 7) is 0. The summed E-state index contributed by atoms with van der Waals surface area (Å²) >= 11 is 11.7. The molecule has 0 atom stereocenters. The first-order valence-electron chi connectivity index (χ1n) is 6.35. The van der Waals surface area contributed by atoms with Gasteiger partial charge in [-0.3, -0.25) is 4.79 Å². The maximum absolute atomic E-state index is 12.1. The van der Waals surface area contributed by atoms with E-state index in [0.29, 0.717) is 10.6 Å². The van der Waals surface area contributed by atoms with Crippen LogP contribution in [0.4, 0.5) is 0 Å². The number of hydrogen-bond acceptors (Lipinski definition) is 3. The summed E-state index contributed by atoms with van der Waals surface area (Å²) in [5.41, 5.74) is 0.210. The van der Waals surface area contributed by atoms with Gasteiger partial charge in [-0.25, -0.2) is 4.79 Å². The molecule has 2 rings (SSSR count). The number of amides is 1. The number of carbonyl (C=O) groups is 2. The molecule has 23 heavy (non-hydrogen) atoms. The molecule has 0 radical (unpaired) electrons. The predicted octanol–water partition coefficient (Wildman–Crippen LogP) is 2.92. The molecule has 118 valence electrons. The Morgan fingerprint density at radius 3 is 2.30 bits per heavy atom. The average Bonchev–Trinajstić information content (AvgIpc) is 2.48. The van der Waals surface area contributed by atoms with Gasteiger partial charge < -0.3 is 15.5 Å². The van der Waals surface area contributed by atoms with Crippen LogP contribution in [0.5, 0.6) is 5.75 Å². The molecule has 0 spiro atoms. The molecule has 0 fully saturated rings. The number of carboxylic acid groups (broad SMARTS) is 1. The molecule has 2 aromatic rings. The lowest BCUT2D eigenvalue weighted by molar-refractivity contribution is -0.268. The van der Waals surface area contributed by atoms with Gasteiger partial charge >= 0.3 is 5.97 Å². The summed E-state index contributed by atoms with van der Waals surface area (Å²) in [6.07, 6.45) is 1.24. The molecule has 0 saturated carbocycles. The van der Waals surface area contributed by atoms with Crippen molar-refractivity contribution >= 4 is 41.2 Å². The second kappa shape index (κ2) is 7.17. The zero-order valence-corrected chi connectivity index (χ0v) is 13.1. The maximum atomic E-state index is 12.1. The van der Waals surface area contributed by atoms with Crippen molar-refractivity contribution in [3.63, 3.8) is 0 Å². The normalized spacial score (nSPS) is 11.1. The van der Waals surface area contributed by atoms with Crippen molar-refractivity contribution in [3.05, 3.63) is 69.3 Å². The number of hydrogen-bond donors (Lipinski definition) is 2. The highest BCUT2D eigenvalue weighted by atomic mass is 35.5. The largest absolute Gasteiger partial charge is 0.872 e. The summed E-state index contributed by atoms with van der Waals surface area (Å²) in [7, 11) is 0. The van der Waals surface area contributed by atoms with Crippen LogP contribution in [0.2, 0.25) is 10.0 Å². The molecule has 0 unspecified atom stereocenters. The van der Waals surface area contributed by atoms with Crippen LogP contribution in [0.3, 0.4) is 0 Å². The van der Waals surface area contributed by atoms with E-state index in [0.717, 1.165) is 0 Å². The minimum absolute atomic E-state index is 0.0955. The molecule has 0 heterocycles. The summed E-state index contributed by atoms with van der Waals surface area (Å²) < 4.78 is 0. The predicted molar refractivity (Wildman–Crippen MR) is 85.4 cm³/mol. The Balaban J connectivity index is 2.27. The molecule has 2 aromatic carbocycles. The van der Waals surface area contributed by atoms with Gasteiger partial charge in [0, 0.05) is 5.02 Å². The minimum atomic E-state index is -1.32. The SMILES string of the molecule is O=C(O)/C(=C\c1ccc([O-])cc1)NC(=O)c1ccc(Cl)cc1Cl. The Bertz CT molecular complexity index is 785. The molecular weight excluding hydrogens is 341 g/mol. The summed E-state index contributed by atoms with van der Waals surface area (Å²) in [5.74, 6) is -2.20. The van der Waals surface area contributed by atoms with Crippen molar-refractivity contribution in [1.82, 2.24) is 5.32 Å². The molecule has 2 N–H and O–H groups in total. The second-order valence-corrected chi connectivity index (χ2v) is 5.35. The maximum Gasteiger partial charge on any atom is 0.352 e. The van der Waals surface area contributed by atoms with Gasteiger partial charge in [-0.1, -0.05) is 47.5 Å². The first kappa shape index (κ1) is 16.9. The number of benzene rings is 2.